The molecular weight excluding hydrogens is 456 g/mol. The average molecular weight is 511 g/mol. The molecule has 0 heterocycles. The molecule has 0 aromatic rings. The minimum atomic E-state index is -0.580. The molecule has 6 nitrogen and oxygen atoms in total. The molecule has 4 aliphatic rings. The van der Waals surface area contributed by atoms with Crippen molar-refractivity contribution in [1.82, 2.24) is 0 Å². The molecule has 4 aliphatic carbocycles. The predicted molar refractivity (Wildman–Crippen MR) is 141 cm³/mol. The van der Waals surface area contributed by atoms with Gasteiger partial charge >= 0.3 is 5.97 Å². The lowest BCUT2D eigenvalue weighted by atomic mass is 9.50. The number of rotatable bonds is 11. The van der Waals surface area contributed by atoms with Crippen LogP contribution in [-0.4, -0.2) is 49.6 Å². The Hall–Kier alpha value is -0.690. The van der Waals surface area contributed by atoms with E-state index in [-0.39, 0.29) is 29.4 Å². The third kappa shape index (κ3) is 7.03. The summed E-state index contributed by atoms with van der Waals surface area (Å²) in [5, 5.41) is 0. The highest BCUT2D eigenvalue weighted by molar-refractivity contribution is 5.76. The third-order valence-corrected chi connectivity index (χ3v) is 8.51. The summed E-state index contributed by atoms with van der Waals surface area (Å²) in [6.07, 6.45) is 6.67. The lowest BCUT2D eigenvalue weighted by Crippen LogP contribution is -2.69. The van der Waals surface area contributed by atoms with Crippen LogP contribution in [0.1, 0.15) is 120 Å². The summed E-state index contributed by atoms with van der Waals surface area (Å²) in [4.78, 5) is 13.4. The van der Waals surface area contributed by atoms with E-state index >= 15 is 0 Å². The molecule has 4 bridgehead atoms. The highest BCUT2D eigenvalue weighted by Crippen LogP contribution is 2.64. The first-order chi connectivity index (χ1) is 16.4. The molecule has 4 saturated carbocycles. The number of ether oxygens (including phenoxy) is 5. The Bertz CT molecular complexity index is 733. The van der Waals surface area contributed by atoms with Gasteiger partial charge in [0.15, 0.2) is 12.6 Å². The van der Waals surface area contributed by atoms with Gasteiger partial charge in [-0.25, -0.2) is 0 Å². The molecule has 0 aromatic carbocycles. The van der Waals surface area contributed by atoms with Crippen molar-refractivity contribution in [2.45, 2.75) is 149 Å². The fraction of sp³-hybridized carbons (Fsp3) is 0.967. The Labute approximate surface area is 220 Å². The summed E-state index contributed by atoms with van der Waals surface area (Å²) in [5.74, 6) is 0.256. The second kappa shape index (κ2) is 10.1. The number of carbonyl (C=O) groups is 1. The fourth-order valence-electron chi connectivity index (χ4n) is 6.94. The molecule has 0 radical (unpaired) electrons. The lowest BCUT2D eigenvalue weighted by Gasteiger charge is -2.65. The molecule has 210 valence electrons. The Morgan fingerprint density at radius 2 is 1.14 bits per heavy atom. The van der Waals surface area contributed by atoms with Crippen LogP contribution in [0.15, 0.2) is 0 Å². The molecule has 0 amide bonds. The van der Waals surface area contributed by atoms with Crippen LogP contribution in [0.2, 0.25) is 0 Å². The van der Waals surface area contributed by atoms with Gasteiger partial charge in [0.05, 0.1) is 16.6 Å². The van der Waals surface area contributed by atoms with Gasteiger partial charge in [0.2, 0.25) is 0 Å². The summed E-state index contributed by atoms with van der Waals surface area (Å²) < 4.78 is 32.0. The van der Waals surface area contributed by atoms with Crippen LogP contribution >= 0.6 is 0 Å². The van der Waals surface area contributed by atoms with Gasteiger partial charge in [-0.3, -0.25) is 4.79 Å². The van der Waals surface area contributed by atoms with Crippen molar-refractivity contribution in [2.24, 2.45) is 22.2 Å². The highest BCUT2D eigenvalue weighted by Gasteiger charge is 2.67. The molecule has 0 aromatic heterocycles. The smallest absolute Gasteiger partial charge is 0.312 e. The molecule has 0 aliphatic heterocycles. The quantitative estimate of drug-likeness (QED) is 0.220. The van der Waals surface area contributed by atoms with E-state index in [1.54, 1.807) is 14.2 Å². The number of hydrogen-bond acceptors (Lipinski definition) is 6. The van der Waals surface area contributed by atoms with E-state index in [4.69, 9.17) is 23.7 Å². The van der Waals surface area contributed by atoms with Crippen LogP contribution in [0.25, 0.3) is 0 Å². The van der Waals surface area contributed by atoms with E-state index in [2.05, 4.69) is 41.5 Å². The zero-order chi connectivity index (χ0) is 27.2. The summed E-state index contributed by atoms with van der Waals surface area (Å²) in [6.45, 7) is 19.2. The Kier molecular flexibility index (Phi) is 8.40. The van der Waals surface area contributed by atoms with E-state index < -0.39 is 22.2 Å². The average Bonchev–Trinajstić information content (AvgIpc) is 2.68. The molecule has 0 N–H and O–H groups in total. The first kappa shape index (κ1) is 29.9. The van der Waals surface area contributed by atoms with Gasteiger partial charge in [0, 0.05) is 46.3 Å². The standard InChI is InChI=1S/C30H54O6/c1-12-27(8,9)24(31)36-30-15-21-13-28(19-30,34-22(32-10)16-25(2,3)4)18-29(14-21,20-30)35-23(33-11)17-26(5,6)7/h21-23H,12-20H2,1-11H3. The monoisotopic (exact) mass is 510 g/mol. The highest BCUT2D eigenvalue weighted by atomic mass is 16.7. The Balaban J connectivity index is 1.95. The zero-order valence-corrected chi connectivity index (χ0v) is 25.0. The van der Waals surface area contributed by atoms with Crippen LogP contribution in [0.5, 0.6) is 0 Å². The van der Waals surface area contributed by atoms with Gasteiger partial charge in [0.1, 0.15) is 5.60 Å². The molecule has 4 atom stereocenters. The normalized spacial score (nSPS) is 34.0. The summed E-state index contributed by atoms with van der Waals surface area (Å²) in [6, 6.07) is 0. The van der Waals surface area contributed by atoms with Gasteiger partial charge in [-0.1, -0.05) is 48.5 Å². The van der Waals surface area contributed by atoms with Crippen molar-refractivity contribution in [2.75, 3.05) is 14.2 Å². The predicted octanol–water partition coefficient (Wildman–Crippen LogP) is 7.03. The van der Waals surface area contributed by atoms with Crippen molar-refractivity contribution in [3.8, 4) is 0 Å². The number of methoxy groups -OCH3 is 2. The van der Waals surface area contributed by atoms with Gasteiger partial charge in [-0.2, -0.15) is 0 Å². The zero-order valence-electron chi connectivity index (χ0n) is 25.0. The SMILES string of the molecule is CCC(C)(C)C(=O)OC12CC3CC(OC(CC(C)(C)C)OC)(C1)CC(OC(CC(C)(C)C)OC)(C3)C2. The number of hydrogen-bond donors (Lipinski definition) is 0. The maximum atomic E-state index is 13.4. The molecule has 36 heavy (non-hydrogen) atoms. The first-order valence-corrected chi connectivity index (χ1v) is 14.0. The number of carbonyl (C=O) groups excluding carboxylic acids is 1. The largest absolute Gasteiger partial charge is 0.458 e. The molecule has 6 heteroatoms. The van der Waals surface area contributed by atoms with E-state index in [0.717, 1.165) is 44.9 Å². The molecule has 4 fully saturated rings. The topological polar surface area (TPSA) is 63.2 Å². The van der Waals surface area contributed by atoms with Crippen molar-refractivity contribution in [1.29, 1.82) is 0 Å². The number of esters is 1. The fourth-order valence-corrected chi connectivity index (χ4v) is 6.94. The van der Waals surface area contributed by atoms with Crippen molar-refractivity contribution < 1.29 is 28.5 Å². The summed E-state index contributed by atoms with van der Waals surface area (Å²) in [7, 11) is 3.46. The second-order valence-electron chi connectivity index (χ2n) is 15.3. The van der Waals surface area contributed by atoms with Crippen molar-refractivity contribution in [3.63, 3.8) is 0 Å². The molecular formula is C30H54O6. The van der Waals surface area contributed by atoms with E-state index in [1.807, 2.05) is 20.8 Å². The summed E-state index contributed by atoms with van der Waals surface area (Å²) in [5.41, 5.74) is -1.85. The summed E-state index contributed by atoms with van der Waals surface area (Å²) >= 11 is 0. The Morgan fingerprint density at radius 3 is 1.50 bits per heavy atom. The molecule has 4 rings (SSSR count). The molecule has 4 unspecified atom stereocenters. The van der Waals surface area contributed by atoms with Crippen LogP contribution in [-0.2, 0) is 28.5 Å². The van der Waals surface area contributed by atoms with Crippen LogP contribution in [0.4, 0.5) is 0 Å². The van der Waals surface area contributed by atoms with Gasteiger partial charge in [0.25, 0.3) is 0 Å². The van der Waals surface area contributed by atoms with Crippen LogP contribution < -0.4 is 0 Å². The van der Waals surface area contributed by atoms with Crippen LogP contribution in [0.3, 0.4) is 0 Å². The van der Waals surface area contributed by atoms with Gasteiger partial charge in [-0.15, -0.1) is 0 Å². The second-order valence-corrected chi connectivity index (χ2v) is 15.3. The van der Waals surface area contributed by atoms with Gasteiger partial charge in [-0.05, 0) is 56.3 Å². The minimum absolute atomic E-state index is 0.0698. The van der Waals surface area contributed by atoms with Crippen LogP contribution in [0, 0.1) is 22.2 Å². The van der Waals surface area contributed by atoms with Gasteiger partial charge < -0.3 is 23.7 Å². The van der Waals surface area contributed by atoms with E-state index in [0.29, 0.717) is 18.8 Å². The maximum absolute atomic E-state index is 13.4. The first-order valence-electron chi connectivity index (χ1n) is 14.0. The van der Waals surface area contributed by atoms with Crippen molar-refractivity contribution >= 4 is 5.97 Å². The van der Waals surface area contributed by atoms with E-state index in [9.17, 15) is 4.79 Å². The van der Waals surface area contributed by atoms with E-state index in [1.165, 1.54) is 0 Å². The van der Waals surface area contributed by atoms with Crippen molar-refractivity contribution in [3.05, 3.63) is 0 Å². The minimum Gasteiger partial charge on any atom is -0.458 e. The molecule has 0 spiro atoms. The lowest BCUT2D eigenvalue weighted by molar-refractivity contribution is -0.339. The molecule has 0 saturated heterocycles. The Morgan fingerprint density at radius 1 is 0.750 bits per heavy atom. The third-order valence-electron chi connectivity index (χ3n) is 8.51. The maximum Gasteiger partial charge on any atom is 0.312 e.